The molecule has 2 aliphatic heterocycles. The fourth-order valence-corrected chi connectivity index (χ4v) is 3.05. The molecule has 0 aromatic heterocycles. The highest BCUT2D eigenvalue weighted by atomic mass is 16.5. The summed E-state index contributed by atoms with van der Waals surface area (Å²) in [4.78, 5) is 2.62. The topological polar surface area (TPSA) is 24.5 Å². The minimum atomic E-state index is 0.627. The van der Waals surface area contributed by atoms with E-state index in [1.807, 2.05) is 7.11 Å². The summed E-state index contributed by atoms with van der Waals surface area (Å²) in [5, 5.41) is 3.65. The zero-order valence-electron chi connectivity index (χ0n) is 10.0. The molecule has 15 heavy (non-hydrogen) atoms. The monoisotopic (exact) mass is 212 g/mol. The first-order valence-electron chi connectivity index (χ1n) is 6.31. The van der Waals surface area contributed by atoms with E-state index in [1.54, 1.807) is 0 Å². The fraction of sp³-hybridized carbons (Fsp3) is 1.00. The molecule has 0 aliphatic carbocycles. The molecule has 1 N–H and O–H groups in total. The summed E-state index contributed by atoms with van der Waals surface area (Å²) >= 11 is 0. The Balaban J connectivity index is 1.89. The van der Waals surface area contributed by atoms with Gasteiger partial charge in [-0.15, -0.1) is 0 Å². The third-order valence-electron chi connectivity index (χ3n) is 3.97. The van der Waals surface area contributed by atoms with Crippen LogP contribution in [-0.4, -0.2) is 50.3 Å². The molecule has 0 amide bonds. The lowest BCUT2D eigenvalue weighted by molar-refractivity contribution is 0.0998. The fourth-order valence-electron chi connectivity index (χ4n) is 3.05. The average molecular weight is 212 g/mol. The second kappa shape index (κ2) is 5.28. The van der Waals surface area contributed by atoms with Gasteiger partial charge in [0.15, 0.2) is 0 Å². The molecule has 3 atom stereocenters. The van der Waals surface area contributed by atoms with Crippen LogP contribution in [0, 0.1) is 5.92 Å². The molecular formula is C12H24N2O. The van der Waals surface area contributed by atoms with E-state index in [4.69, 9.17) is 4.74 Å². The van der Waals surface area contributed by atoms with Gasteiger partial charge in [-0.05, 0) is 31.7 Å². The Bertz CT molecular complexity index is 184. The van der Waals surface area contributed by atoms with E-state index >= 15 is 0 Å². The lowest BCUT2D eigenvalue weighted by Crippen LogP contribution is -2.42. The van der Waals surface area contributed by atoms with Crippen LogP contribution in [0.1, 0.15) is 26.2 Å². The Morgan fingerprint density at radius 1 is 1.47 bits per heavy atom. The summed E-state index contributed by atoms with van der Waals surface area (Å²) < 4.78 is 5.30. The number of hydrogen-bond acceptors (Lipinski definition) is 3. The Labute approximate surface area is 93.2 Å². The summed E-state index contributed by atoms with van der Waals surface area (Å²) in [7, 11) is 1.81. The van der Waals surface area contributed by atoms with Gasteiger partial charge in [0.2, 0.25) is 0 Å². The van der Waals surface area contributed by atoms with Crippen molar-refractivity contribution in [2.75, 3.05) is 33.4 Å². The molecule has 2 saturated heterocycles. The Morgan fingerprint density at radius 2 is 2.33 bits per heavy atom. The van der Waals surface area contributed by atoms with Crippen LogP contribution in [0.5, 0.6) is 0 Å². The second-order valence-electron chi connectivity index (χ2n) is 4.93. The zero-order chi connectivity index (χ0) is 10.7. The maximum atomic E-state index is 5.30. The Hall–Kier alpha value is -0.120. The zero-order valence-corrected chi connectivity index (χ0v) is 10.0. The van der Waals surface area contributed by atoms with Gasteiger partial charge >= 0.3 is 0 Å². The third-order valence-corrected chi connectivity index (χ3v) is 3.97. The van der Waals surface area contributed by atoms with Crippen molar-refractivity contribution >= 4 is 0 Å². The first-order valence-corrected chi connectivity index (χ1v) is 6.31. The van der Waals surface area contributed by atoms with Gasteiger partial charge in [0.1, 0.15) is 0 Å². The molecule has 2 rings (SSSR count). The van der Waals surface area contributed by atoms with Crippen molar-refractivity contribution in [2.45, 2.75) is 38.3 Å². The number of methoxy groups -OCH3 is 1. The second-order valence-corrected chi connectivity index (χ2v) is 4.93. The van der Waals surface area contributed by atoms with Crippen LogP contribution in [0.3, 0.4) is 0 Å². The number of nitrogens with zero attached hydrogens (tertiary/aromatic N) is 1. The molecule has 88 valence electrons. The van der Waals surface area contributed by atoms with Gasteiger partial charge < -0.3 is 10.1 Å². The predicted octanol–water partition coefficient (Wildman–Crippen LogP) is 1.10. The molecule has 1 unspecified atom stereocenters. The molecule has 0 bridgehead atoms. The highest BCUT2D eigenvalue weighted by molar-refractivity contribution is 4.93. The molecule has 0 spiro atoms. The standard InChI is InChI=1S/C12H24N2O/c1-3-11(9-15-2)14-7-10-5-4-6-13-12(10)8-14/h10-13H,3-9H2,1-2H3/t10-,11?,12+/m0/s1. The van der Waals surface area contributed by atoms with E-state index in [2.05, 4.69) is 17.1 Å². The van der Waals surface area contributed by atoms with Gasteiger partial charge in [-0.25, -0.2) is 0 Å². The first kappa shape index (κ1) is 11.4. The smallest absolute Gasteiger partial charge is 0.0617 e. The van der Waals surface area contributed by atoms with Crippen molar-refractivity contribution in [2.24, 2.45) is 5.92 Å². The molecule has 3 nitrogen and oxygen atoms in total. The van der Waals surface area contributed by atoms with Gasteiger partial charge in [-0.3, -0.25) is 4.90 Å². The Morgan fingerprint density at radius 3 is 3.00 bits per heavy atom. The van der Waals surface area contributed by atoms with Crippen LogP contribution in [0.15, 0.2) is 0 Å². The summed E-state index contributed by atoms with van der Waals surface area (Å²) in [5.41, 5.74) is 0. The Kier molecular flexibility index (Phi) is 4.00. The molecule has 0 aromatic rings. The number of nitrogens with one attached hydrogen (secondary N) is 1. The van der Waals surface area contributed by atoms with Crippen LogP contribution in [0.2, 0.25) is 0 Å². The van der Waals surface area contributed by atoms with E-state index in [1.165, 1.54) is 38.9 Å². The van der Waals surface area contributed by atoms with Crippen molar-refractivity contribution in [3.8, 4) is 0 Å². The van der Waals surface area contributed by atoms with Gasteiger partial charge in [0.25, 0.3) is 0 Å². The van der Waals surface area contributed by atoms with E-state index in [0.29, 0.717) is 6.04 Å². The highest BCUT2D eigenvalue weighted by Crippen LogP contribution is 2.26. The number of rotatable bonds is 4. The lowest BCUT2D eigenvalue weighted by atomic mass is 9.94. The van der Waals surface area contributed by atoms with Gasteiger partial charge in [-0.1, -0.05) is 6.92 Å². The number of piperidine rings is 1. The van der Waals surface area contributed by atoms with Crippen LogP contribution >= 0.6 is 0 Å². The van der Waals surface area contributed by atoms with Crippen LogP contribution in [-0.2, 0) is 4.74 Å². The summed E-state index contributed by atoms with van der Waals surface area (Å²) in [5.74, 6) is 0.893. The normalized spacial score (nSPS) is 34.0. The van der Waals surface area contributed by atoms with Gasteiger partial charge in [0.05, 0.1) is 6.61 Å². The maximum Gasteiger partial charge on any atom is 0.0617 e. The summed E-state index contributed by atoms with van der Waals surface area (Å²) in [6, 6.07) is 1.38. The minimum Gasteiger partial charge on any atom is -0.383 e. The lowest BCUT2D eigenvalue weighted by Gasteiger charge is -2.26. The molecule has 0 radical (unpaired) electrons. The molecule has 2 aliphatic rings. The van der Waals surface area contributed by atoms with Crippen molar-refractivity contribution in [1.82, 2.24) is 10.2 Å². The summed E-state index contributed by atoms with van der Waals surface area (Å²) in [6.45, 7) is 6.87. The largest absolute Gasteiger partial charge is 0.383 e. The van der Waals surface area contributed by atoms with Crippen LogP contribution < -0.4 is 5.32 Å². The maximum absolute atomic E-state index is 5.30. The molecule has 2 fully saturated rings. The third kappa shape index (κ3) is 2.52. The first-order chi connectivity index (χ1) is 7.35. The molecule has 3 heteroatoms. The summed E-state index contributed by atoms with van der Waals surface area (Å²) in [6.07, 6.45) is 3.97. The molecule has 2 heterocycles. The predicted molar refractivity (Wildman–Crippen MR) is 62.0 cm³/mol. The number of ether oxygens (including phenoxy) is 1. The van der Waals surface area contributed by atoms with E-state index in [-0.39, 0.29) is 0 Å². The molecule has 0 saturated carbocycles. The average Bonchev–Trinajstić information content (AvgIpc) is 2.69. The van der Waals surface area contributed by atoms with Crippen molar-refractivity contribution < 1.29 is 4.74 Å². The van der Waals surface area contributed by atoms with E-state index in [9.17, 15) is 0 Å². The minimum absolute atomic E-state index is 0.627. The molecular weight excluding hydrogens is 188 g/mol. The van der Waals surface area contributed by atoms with Crippen molar-refractivity contribution in [1.29, 1.82) is 0 Å². The van der Waals surface area contributed by atoms with Crippen molar-refractivity contribution in [3.05, 3.63) is 0 Å². The number of hydrogen-bond donors (Lipinski definition) is 1. The quantitative estimate of drug-likeness (QED) is 0.755. The highest BCUT2D eigenvalue weighted by Gasteiger charge is 2.36. The van der Waals surface area contributed by atoms with E-state index < -0.39 is 0 Å². The number of likely N-dealkylation sites (tertiary alicyclic amines) is 1. The van der Waals surface area contributed by atoms with Gasteiger partial charge in [0, 0.05) is 32.3 Å². The van der Waals surface area contributed by atoms with Crippen LogP contribution in [0.25, 0.3) is 0 Å². The van der Waals surface area contributed by atoms with Gasteiger partial charge in [-0.2, -0.15) is 0 Å². The van der Waals surface area contributed by atoms with E-state index in [0.717, 1.165) is 18.6 Å². The molecule has 0 aromatic carbocycles. The number of fused-ring (bicyclic) bond motifs is 1. The SMILES string of the molecule is CCC(COC)N1C[C@@H]2CCCN[C@@H]2C1. The van der Waals surface area contributed by atoms with Crippen molar-refractivity contribution in [3.63, 3.8) is 0 Å². The van der Waals surface area contributed by atoms with Crippen LogP contribution in [0.4, 0.5) is 0 Å².